The van der Waals surface area contributed by atoms with Gasteiger partial charge in [0.25, 0.3) is 0 Å². The number of pyridine rings is 2. The molecule has 0 aliphatic carbocycles. The zero-order chi connectivity index (χ0) is 41.6. The molecule has 2 heteroatoms. The van der Waals surface area contributed by atoms with Crippen molar-refractivity contribution in [3.63, 3.8) is 0 Å². The molecule has 0 aliphatic rings. The lowest BCUT2D eigenvalue weighted by molar-refractivity contribution is 1.40. The van der Waals surface area contributed by atoms with E-state index in [1.54, 1.807) is 0 Å². The monoisotopic (exact) mass is 798 g/mol. The maximum Gasteiger partial charge on any atom is 0.0794 e. The standard InChI is InChI=1S/C61H38N2/c1-37-47(30-26-39-22-23-40-29-33-55(62-60(40)57(37)39)38-12-3-2-4-13-38)43-28-32-49-45(36-43)25-24-44-34-42(27-31-48(44)49)41-14-11-15-46(35-41)61-59-53-19-8-6-17-51(53)50-16-5-7-18-52(50)58(59)54-20-9-10-21-56(54)63-61/h2-36H,1H3. The predicted molar refractivity (Wildman–Crippen MR) is 269 cm³/mol. The molecule has 13 rings (SSSR count). The van der Waals surface area contributed by atoms with Gasteiger partial charge in [-0.2, -0.15) is 0 Å². The Balaban J connectivity index is 0.909. The molecule has 2 aromatic heterocycles. The second-order valence-corrected chi connectivity index (χ2v) is 16.9. The lowest BCUT2D eigenvalue weighted by Gasteiger charge is -2.16. The maximum absolute atomic E-state index is 5.42. The molecule has 0 amide bonds. The molecular weight excluding hydrogens is 761 g/mol. The van der Waals surface area contributed by atoms with Crippen LogP contribution in [0, 0.1) is 6.92 Å². The third-order valence-corrected chi connectivity index (χ3v) is 13.4. The second-order valence-electron chi connectivity index (χ2n) is 16.9. The Bertz CT molecular complexity index is 4030. The number of aryl methyl sites for hydroxylation is 1. The molecule has 2 nitrogen and oxygen atoms in total. The van der Waals surface area contributed by atoms with Gasteiger partial charge < -0.3 is 0 Å². The summed E-state index contributed by atoms with van der Waals surface area (Å²) in [5.41, 5.74) is 12.3. The summed E-state index contributed by atoms with van der Waals surface area (Å²) in [5, 5.41) is 17.2. The van der Waals surface area contributed by atoms with Gasteiger partial charge in [0.1, 0.15) is 0 Å². The minimum atomic E-state index is 0.993. The summed E-state index contributed by atoms with van der Waals surface area (Å²) < 4.78 is 0. The Kier molecular flexibility index (Phi) is 7.85. The van der Waals surface area contributed by atoms with Crippen molar-refractivity contribution < 1.29 is 0 Å². The summed E-state index contributed by atoms with van der Waals surface area (Å²) in [6.45, 7) is 2.25. The van der Waals surface area contributed by atoms with Gasteiger partial charge in [0.15, 0.2) is 0 Å². The smallest absolute Gasteiger partial charge is 0.0794 e. The molecule has 0 spiro atoms. The van der Waals surface area contributed by atoms with Crippen molar-refractivity contribution in [2.24, 2.45) is 0 Å². The van der Waals surface area contributed by atoms with Crippen LogP contribution in [0.1, 0.15) is 5.56 Å². The van der Waals surface area contributed by atoms with E-state index >= 15 is 0 Å². The normalized spacial score (nSPS) is 11.9. The average Bonchev–Trinajstić information content (AvgIpc) is 3.35. The van der Waals surface area contributed by atoms with Crippen LogP contribution in [0.2, 0.25) is 0 Å². The molecular formula is C61H38N2. The number of hydrogen-bond acceptors (Lipinski definition) is 2. The Labute approximate surface area is 364 Å². The summed E-state index contributed by atoms with van der Waals surface area (Å²) in [7, 11) is 0. The topological polar surface area (TPSA) is 25.8 Å². The van der Waals surface area contributed by atoms with Crippen LogP contribution in [-0.4, -0.2) is 9.97 Å². The van der Waals surface area contributed by atoms with Crippen molar-refractivity contribution in [3.8, 4) is 44.8 Å². The van der Waals surface area contributed by atoms with E-state index in [0.717, 1.165) is 38.9 Å². The first-order chi connectivity index (χ1) is 31.1. The van der Waals surface area contributed by atoms with E-state index in [0.29, 0.717) is 0 Å². The minimum Gasteiger partial charge on any atom is -0.247 e. The highest BCUT2D eigenvalue weighted by Gasteiger charge is 2.18. The molecule has 0 aliphatic heterocycles. The van der Waals surface area contributed by atoms with Gasteiger partial charge in [-0.15, -0.1) is 0 Å². The minimum absolute atomic E-state index is 0.993. The highest BCUT2D eigenvalue weighted by atomic mass is 14.7. The zero-order valence-corrected chi connectivity index (χ0v) is 34.6. The van der Waals surface area contributed by atoms with Gasteiger partial charge in [-0.3, -0.25) is 0 Å². The molecule has 0 unspecified atom stereocenters. The van der Waals surface area contributed by atoms with Gasteiger partial charge in [-0.05, 0) is 114 Å². The first-order valence-electron chi connectivity index (χ1n) is 21.7. The van der Waals surface area contributed by atoms with E-state index in [-0.39, 0.29) is 0 Å². The maximum atomic E-state index is 5.42. The molecule has 0 saturated carbocycles. The van der Waals surface area contributed by atoms with E-state index in [4.69, 9.17) is 9.97 Å². The molecule has 2 heterocycles. The van der Waals surface area contributed by atoms with Gasteiger partial charge >= 0.3 is 0 Å². The fourth-order valence-corrected chi connectivity index (χ4v) is 10.4. The summed E-state index contributed by atoms with van der Waals surface area (Å²) in [4.78, 5) is 10.7. The SMILES string of the molecule is Cc1c(-c2ccc3c(ccc4cc(-c5cccc(-c6nc7ccccc7c7c8ccccc8c8ccccc8c67)c5)ccc43)c2)ccc2ccc3ccc(-c4ccccc4)nc3c12. The van der Waals surface area contributed by atoms with E-state index in [2.05, 4.69) is 219 Å². The highest BCUT2D eigenvalue weighted by molar-refractivity contribution is 6.33. The fourth-order valence-electron chi connectivity index (χ4n) is 10.4. The van der Waals surface area contributed by atoms with Crippen molar-refractivity contribution in [3.05, 3.63) is 218 Å². The molecule has 13 aromatic rings. The lowest BCUT2D eigenvalue weighted by Crippen LogP contribution is -1.93. The van der Waals surface area contributed by atoms with Crippen molar-refractivity contribution >= 4 is 86.4 Å². The van der Waals surface area contributed by atoms with E-state index in [1.807, 2.05) is 0 Å². The van der Waals surface area contributed by atoms with Gasteiger partial charge in [0.2, 0.25) is 0 Å². The van der Waals surface area contributed by atoms with Crippen LogP contribution in [0.5, 0.6) is 0 Å². The van der Waals surface area contributed by atoms with Gasteiger partial charge in [-0.1, -0.05) is 182 Å². The van der Waals surface area contributed by atoms with Crippen LogP contribution in [-0.2, 0) is 0 Å². The number of fused-ring (bicyclic) bond motifs is 14. The third kappa shape index (κ3) is 5.58. The van der Waals surface area contributed by atoms with Crippen molar-refractivity contribution in [2.45, 2.75) is 6.92 Å². The number of benzene rings is 11. The zero-order valence-electron chi connectivity index (χ0n) is 34.6. The number of para-hydroxylation sites is 1. The first-order valence-corrected chi connectivity index (χ1v) is 21.7. The van der Waals surface area contributed by atoms with Crippen LogP contribution in [0.25, 0.3) is 131 Å². The Hall–Kier alpha value is -8.20. The van der Waals surface area contributed by atoms with Crippen LogP contribution < -0.4 is 0 Å². The molecule has 0 bridgehead atoms. The summed E-state index contributed by atoms with van der Waals surface area (Å²) in [5.74, 6) is 0. The van der Waals surface area contributed by atoms with E-state index in [1.165, 1.54) is 97.8 Å². The molecule has 63 heavy (non-hydrogen) atoms. The average molecular weight is 799 g/mol. The van der Waals surface area contributed by atoms with Crippen LogP contribution in [0.15, 0.2) is 212 Å². The number of rotatable bonds is 4. The predicted octanol–water partition coefficient (Wildman–Crippen LogP) is 16.7. The van der Waals surface area contributed by atoms with Crippen LogP contribution >= 0.6 is 0 Å². The molecule has 0 atom stereocenters. The molecule has 0 N–H and O–H groups in total. The van der Waals surface area contributed by atoms with E-state index < -0.39 is 0 Å². The number of aromatic nitrogens is 2. The number of nitrogens with zero attached hydrogens (tertiary/aromatic N) is 2. The molecule has 11 aromatic carbocycles. The fraction of sp³-hybridized carbons (Fsp3) is 0.0164. The Morgan fingerprint density at radius 2 is 0.857 bits per heavy atom. The Morgan fingerprint density at radius 3 is 1.63 bits per heavy atom. The van der Waals surface area contributed by atoms with Crippen LogP contribution in [0.4, 0.5) is 0 Å². The third-order valence-electron chi connectivity index (χ3n) is 13.4. The van der Waals surface area contributed by atoms with Crippen LogP contribution in [0.3, 0.4) is 0 Å². The van der Waals surface area contributed by atoms with E-state index in [9.17, 15) is 0 Å². The summed E-state index contributed by atoms with van der Waals surface area (Å²) >= 11 is 0. The molecule has 0 saturated heterocycles. The van der Waals surface area contributed by atoms with Crippen molar-refractivity contribution in [2.75, 3.05) is 0 Å². The van der Waals surface area contributed by atoms with Gasteiger partial charge in [-0.25, -0.2) is 9.97 Å². The van der Waals surface area contributed by atoms with Crippen molar-refractivity contribution in [1.82, 2.24) is 9.97 Å². The number of hydrogen-bond donors (Lipinski definition) is 0. The molecule has 0 fully saturated rings. The first kappa shape index (κ1) is 35.5. The molecule has 292 valence electrons. The van der Waals surface area contributed by atoms with Gasteiger partial charge in [0, 0.05) is 38.1 Å². The van der Waals surface area contributed by atoms with Gasteiger partial charge in [0.05, 0.1) is 22.4 Å². The Morgan fingerprint density at radius 1 is 0.302 bits per heavy atom. The lowest BCUT2D eigenvalue weighted by atomic mass is 9.89. The molecule has 0 radical (unpaired) electrons. The van der Waals surface area contributed by atoms with Crippen molar-refractivity contribution in [1.29, 1.82) is 0 Å². The second kappa shape index (κ2) is 13.9. The highest BCUT2D eigenvalue weighted by Crippen LogP contribution is 2.44. The quantitative estimate of drug-likeness (QED) is 0.166. The summed E-state index contributed by atoms with van der Waals surface area (Å²) in [6, 6.07) is 77.3. The summed E-state index contributed by atoms with van der Waals surface area (Å²) in [6.07, 6.45) is 0. The largest absolute Gasteiger partial charge is 0.247 e.